The van der Waals surface area contributed by atoms with Crippen LogP contribution in [-0.4, -0.2) is 12.5 Å². The van der Waals surface area contributed by atoms with Gasteiger partial charge >= 0.3 is 0 Å². The van der Waals surface area contributed by atoms with Crippen LogP contribution >= 0.6 is 11.6 Å². The fraction of sp³-hybridized carbons (Fsp3) is 0.269. The summed E-state index contributed by atoms with van der Waals surface area (Å²) in [5.74, 6) is 1.36. The summed E-state index contributed by atoms with van der Waals surface area (Å²) in [6.45, 7) is 8.81. The first-order valence-electron chi connectivity index (χ1n) is 10.4. The summed E-state index contributed by atoms with van der Waals surface area (Å²) in [4.78, 5) is 12.9. The smallest absolute Gasteiger partial charge is 0.251 e. The number of carbonyl (C=O) groups is 1. The molecule has 0 fully saturated rings. The Morgan fingerprint density at radius 2 is 1.65 bits per heavy atom. The highest BCUT2D eigenvalue weighted by molar-refractivity contribution is 6.30. The van der Waals surface area contributed by atoms with E-state index in [9.17, 15) is 4.79 Å². The van der Waals surface area contributed by atoms with Gasteiger partial charge in [-0.3, -0.25) is 4.79 Å². The first kappa shape index (κ1) is 22.7. The van der Waals surface area contributed by atoms with Crippen molar-refractivity contribution in [3.8, 4) is 11.5 Å². The number of benzene rings is 3. The number of hydrogen-bond acceptors (Lipinski definition) is 3. The van der Waals surface area contributed by atoms with Crippen LogP contribution in [0.3, 0.4) is 0 Å². The second kappa shape index (κ2) is 10.4. The highest BCUT2D eigenvalue weighted by Crippen LogP contribution is 2.25. The van der Waals surface area contributed by atoms with E-state index in [1.807, 2.05) is 76.2 Å². The molecule has 0 aliphatic rings. The van der Waals surface area contributed by atoms with Gasteiger partial charge in [0.2, 0.25) is 0 Å². The lowest BCUT2D eigenvalue weighted by Crippen LogP contribution is -2.26. The number of nitrogens with one attached hydrogen (secondary N) is 1. The zero-order valence-electron chi connectivity index (χ0n) is 18.4. The van der Waals surface area contributed by atoms with E-state index in [0.29, 0.717) is 29.5 Å². The third-order valence-corrected chi connectivity index (χ3v) is 5.18. The van der Waals surface area contributed by atoms with E-state index in [2.05, 4.69) is 11.4 Å². The minimum atomic E-state index is -0.154. The average Bonchev–Trinajstić information content (AvgIpc) is 2.73. The molecule has 0 spiro atoms. The largest absolute Gasteiger partial charge is 0.493 e. The molecule has 0 heterocycles. The third kappa shape index (κ3) is 6.25. The molecule has 0 saturated carbocycles. The average molecular weight is 438 g/mol. The van der Waals surface area contributed by atoms with Crippen LogP contribution in [0.1, 0.15) is 52.5 Å². The minimum Gasteiger partial charge on any atom is -0.493 e. The molecule has 31 heavy (non-hydrogen) atoms. The number of carbonyl (C=O) groups excluding carboxylic acids is 1. The normalized spacial score (nSPS) is 11.6. The summed E-state index contributed by atoms with van der Waals surface area (Å²) in [5.41, 5.74) is 4.66. The lowest BCUT2D eigenvalue weighted by Gasteiger charge is -2.17. The van der Waals surface area contributed by atoms with E-state index < -0.39 is 0 Å². The molecule has 0 radical (unpaired) electrons. The van der Waals surface area contributed by atoms with E-state index in [4.69, 9.17) is 21.1 Å². The fourth-order valence-corrected chi connectivity index (χ4v) is 3.55. The van der Waals surface area contributed by atoms with Crippen LogP contribution < -0.4 is 14.8 Å². The van der Waals surface area contributed by atoms with Crippen LogP contribution in [0.5, 0.6) is 11.5 Å². The van der Waals surface area contributed by atoms with Crippen LogP contribution in [0.15, 0.2) is 60.7 Å². The van der Waals surface area contributed by atoms with E-state index in [-0.39, 0.29) is 11.9 Å². The summed E-state index contributed by atoms with van der Waals surface area (Å²) in [6, 6.07) is 18.8. The number of ether oxygens (including phenoxy) is 2. The lowest BCUT2D eigenvalue weighted by molar-refractivity contribution is 0.0939. The number of amides is 1. The zero-order chi connectivity index (χ0) is 22.4. The van der Waals surface area contributed by atoms with Crippen molar-refractivity contribution in [3.05, 3.63) is 93.5 Å². The maximum atomic E-state index is 12.9. The zero-order valence-corrected chi connectivity index (χ0v) is 19.1. The van der Waals surface area contributed by atoms with Gasteiger partial charge in [-0.1, -0.05) is 29.8 Å². The van der Waals surface area contributed by atoms with Crippen molar-refractivity contribution in [2.45, 2.75) is 40.3 Å². The molecule has 4 nitrogen and oxygen atoms in total. The van der Waals surface area contributed by atoms with Gasteiger partial charge in [0.25, 0.3) is 5.91 Å². The first-order chi connectivity index (χ1) is 14.9. The lowest BCUT2D eigenvalue weighted by atomic mass is 10.1. The summed E-state index contributed by atoms with van der Waals surface area (Å²) in [7, 11) is 0. The molecule has 1 unspecified atom stereocenters. The third-order valence-electron chi connectivity index (χ3n) is 4.93. The van der Waals surface area contributed by atoms with Crippen LogP contribution in [0.4, 0.5) is 0 Å². The molecule has 3 rings (SSSR count). The van der Waals surface area contributed by atoms with Gasteiger partial charge in [-0.05, 0) is 86.8 Å². The molecule has 0 saturated heterocycles. The van der Waals surface area contributed by atoms with Crippen molar-refractivity contribution in [3.63, 3.8) is 0 Å². The van der Waals surface area contributed by atoms with Crippen LogP contribution in [0.25, 0.3) is 0 Å². The second-order valence-electron chi connectivity index (χ2n) is 7.61. The molecule has 3 aromatic rings. The molecule has 1 N–H and O–H groups in total. The number of hydrogen-bond donors (Lipinski definition) is 1. The van der Waals surface area contributed by atoms with Gasteiger partial charge < -0.3 is 14.8 Å². The van der Waals surface area contributed by atoms with Gasteiger partial charge in [0, 0.05) is 16.1 Å². The van der Waals surface area contributed by atoms with Crippen molar-refractivity contribution < 1.29 is 14.3 Å². The van der Waals surface area contributed by atoms with Gasteiger partial charge in [0.05, 0.1) is 12.6 Å². The van der Waals surface area contributed by atoms with Crippen molar-refractivity contribution in [1.82, 2.24) is 5.32 Å². The van der Waals surface area contributed by atoms with Gasteiger partial charge in [0.15, 0.2) is 0 Å². The Morgan fingerprint density at radius 3 is 2.29 bits per heavy atom. The molecule has 1 amide bonds. The summed E-state index contributed by atoms with van der Waals surface area (Å²) >= 11 is 5.96. The monoisotopic (exact) mass is 437 g/mol. The number of aryl methyl sites for hydroxylation is 2. The molecule has 0 aliphatic heterocycles. The molecule has 162 valence electrons. The SMILES string of the molecule is CCOc1ccc(C(=O)NC(C)c2ccc(Cl)cc2)cc1COc1cc(C)cc(C)c1. The standard InChI is InChI=1S/C26H28ClNO3/c1-5-30-25-11-8-21(26(29)28-19(4)20-6-9-23(27)10-7-20)15-22(25)16-31-24-13-17(2)12-18(3)14-24/h6-15,19H,5,16H2,1-4H3,(H,28,29). The topological polar surface area (TPSA) is 47.6 Å². The first-order valence-corrected chi connectivity index (χ1v) is 10.8. The van der Waals surface area contributed by atoms with Gasteiger partial charge in [-0.25, -0.2) is 0 Å². The molecule has 0 aliphatic carbocycles. The van der Waals surface area contributed by atoms with Crippen molar-refractivity contribution in [1.29, 1.82) is 0 Å². The Hall–Kier alpha value is -2.98. The van der Waals surface area contributed by atoms with Gasteiger partial charge in [0.1, 0.15) is 18.1 Å². The molecular formula is C26H28ClNO3. The quantitative estimate of drug-likeness (QED) is 0.442. The minimum absolute atomic E-state index is 0.147. The Kier molecular flexibility index (Phi) is 7.59. The van der Waals surface area contributed by atoms with E-state index in [0.717, 1.165) is 28.0 Å². The highest BCUT2D eigenvalue weighted by atomic mass is 35.5. The van der Waals surface area contributed by atoms with E-state index in [1.54, 1.807) is 6.07 Å². The Labute approximate surface area is 189 Å². The van der Waals surface area contributed by atoms with Gasteiger partial charge in [-0.15, -0.1) is 0 Å². The number of rotatable bonds is 8. The van der Waals surface area contributed by atoms with Gasteiger partial charge in [-0.2, -0.15) is 0 Å². The van der Waals surface area contributed by atoms with Crippen LogP contribution in [0, 0.1) is 13.8 Å². The molecule has 3 aromatic carbocycles. The summed E-state index contributed by atoms with van der Waals surface area (Å²) in [6.07, 6.45) is 0. The molecular weight excluding hydrogens is 410 g/mol. The Balaban J connectivity index is 1.76. The van der Waals surface area contributed by atoms with Crippen molar-refractivity contribution in [2.75, 3.05) is 6.61 Å². The highest BCUT2D eigenvalue weighted by Gasteiger charge is 2.15. The molecule has 1 atom stereocenters. The van der Waals surface area contributed by atoms with Crippen LogP contribution in [-0.2, 0) is 6.61 Å². The van der Waals surface area contributed by atoms with E-state index >= 15 is 0 Å². The fourth-order valence-electron chi connectivity index (χ4n) is 3.42. The summed E-state index contributed by atoms with van der Waals surface area (Å²) in [5, 5.41) is 3.70. The van der Waals surface area contributed by atoms with Crippen molar-refractivity contribution in [2.24, 2.45) is 0 Å². The number of halogens is 1. The molecule has 0 aromatic heterocycles. The Bertz CT molecular complexity index is 1030. The van der Waals surface area contributed by atoms with Crippen molar-refractivity contribution >= 4 is 17.5 Å². The predicted molar refractivity (Wildman–Crippen MR) is 125 cm³/mol. The maximum absolute atomic E-state index is 12.9. The molecule has 5 heteroatoms. The predicted octanol–water partition coefficient (Wildman–Crippen LogP) is 6.43. The maximum Gasteiger partial charge on any atom is 0.251 e. The van der Waals surface area contributed by atoms with E-state index in [1.165, 1.54) is 0 Å². The summed E-state index contributed by atoms with van der Waals surface area (Å²) < 4.78 is 11.8. The molecule has 0 bridgehead atoms. The van der Waals surface area contributed by atoms with Crippen LogP contribution in [0.2, 0.25) is 5.02 Å². The Morgan fingerprint density at radius 1 is 0.968 bits per heavy atom. The second-order valence-corrected chi connectivity index (χ2v) is 8.05.